The Labute approximate surface area is 187 Å². The van der Waals surface area contributed by atoms with Gasteiger partial charge >= 0.3 is 0 Å². The van der Waals surface area contributed by atoms with Gasteiger partial charge in [0.15, 0.2) is 0 Å². The molecule has 3 aromatic carbocycles. The highest BCUT2D eigenvalue weighted by Gasteiger charge is 2.27. The van der Waals surface area contributed by atoms with Gasteiger partial charge in [0.25, 0.3) is 15.7 Å². The van der Waals surface area contributed by atoms with Crippen LogP contribution >= 0.6 is 15.9 Å². The lowest BCUT2D eigenvalue weighted by atomic mass is 10.2. The van der Waals surface area contributed by atoms with Gasteiger partial charge in [-0.3, -0.25) is 19.2 Å². The van der Waals surface area contributed by atoms with Gasteiger partial charge < -0.3 is 5.32 Å². The standard InChI is InChI=1S/C21H18BrN3O5S/c1-15-10-11-18(25(27)28)13-20(15)23-21(26)14-24(17-7-5-6-16(22)12-17)31(29,30)19-8-3-2-4-9-19/h2-13H,14H2,1H3,(H,23,26). The quantitative estimate of drug-likeness (QED) is 0.377. The molecule has 1 amide bonds. The number of hydrogen-bond donors (Lipinski definition) is 1. The molecule has 8 nitrogen and oxygen atoms in total. The van der Waals surface area contributed by atoms with Gasteiger partial charge in [0.05, 0.1) is 21.2 Å². The number of hydrogen-bond acceptors (Lipinski definition) is 5. The zero-order valence-corrected chi connectivity index (χ0v) is 18.8. The van der Waals surface area contributed by atoms with Crippen LogP contribution in [0.25, 0.3) is 0 Å². The first-order valence-electron chi connectivity index (χ1n) is 9.07. The van der Waals surface area contributed by atoms with Gasteiger partial charge in [-0.25, -0.2) is 8.42 Å². The molecule has 0 saturated heterocycles. The molecule has 0 spiro atoms. The third-order valence-electron chi connectivity index (χ3n) is 4.42. The van der Waals surface area contributed by atoms with Gasteiger partial charge in [-0.05, 0) is 42.8 Å². The minimum atomic E-state index is -4.05. The summed E-state index contributed by atoms with van der Waals surface area (Å²) in [5, 5.41) is 13.6. The van der Waals surface area contributed by atoms with Crippen molar-refractivity contribution in [1.82, 2.24) is 0 Å². The van der Waals surface area contributed by atoms with Crippen molar-refractivity contribution in [2.45, 2.75) is 11.8 Å². The van der Waals surface area contributed by atoms with E-state index in [1.807, 2.05) is 0 Å². The smallest absolute Gasteiger partial charge is 0.271 e. The average Bonchev–Trinajstić information content (AvgIpc) is 2.74. The molecule has 0 aliphatic heterocycles. The second-order valence-corrected chi connectivity index (χ2v) is 9.39. The number of carbonyl (C=O) groups excluding carboxylic acids is 1. The Balaban J connectivity index is 1.95. The number of halogens is 1. The van der Waals surface area contributed by atoms with Crippen LogP contribution in [0.4, 0.5) is 17.1 Å². The Bertz CT molecular complexity index is 1230. The van der Waals surface area contributed by atoms with Gasteiger partial charge in [-0.1, -0.05) is 46.3 Å². The molecule has 0 heterocycles. The van der Waals surface area contributed by atoms with E-state index in [0.29, 0.717) is 15.7 Å². The summed E-state index contributed by atoms with van der Waals surface area (Å²) in [7, 11) is -4.05. The fraction of sp³-hybridized carbons (Fsp3) is 0.0952. The highest BCUT2D eigenvalue weighted by atomic mass is 79.9. The van der Waals surface area contributed by atoms with Gasteiger partial charge in [0.2, 0.25) is 5.91 Å². The summed E-state index contributed by atoms with van der Waals surface area (Å²) in [5.41, 5.74) is 0.968. The molecule has 0 aromatic heterocycles. The number of carbonyl (C=O) groups is 1. The Hall–Kier alpha value is -3.24. The third-order valence-corrected chi connectivity index (χ3v) is 6.70. The molecule has 0 radical (unpaired) electrons. The molecule has 160 valence electrons. The van der Waals surface area contributed by atoms with Gasteiger partial charge in [0, 0.05) is 16.6 Å². The normalized spacial score (nSPS) is 11.0. The maximum absolute atomic E-state index is 13.3. The van der Waals surface area contributed by atoms with Crippen molar-refractivity contribution in [3.63, 3.8) is 0 Å². The van der Waals surface area contributed by atoms with Crippen LogP contribution in [0.3, 0.4) is 0 Å². The molecule has 0 fully saturated rings. The summed E-state index contributed by atoms with van der Waals surface area (Å²) in [6.07, 6.45) is 0. The van der Waals surface area contributed by atoms with Crippen molar-refractivity contribution in [1.29, 1.82) is 0 Å². The van der Waals surface area contributed by atoms with Crippen molar-refractivity contribution in [3.8, 4) is 0 Å². The summed E-state index contributed by atoms with van der Waals surface area (Å²) in [4.78, 5) is 23.3. The maximum atomic E-state index is 13.3. The van der Waals surface area contributed by atoms with Crippen molar-refractivity contribution in [2.75, 3.05) is 16.2 Å². The Kier molecular flexibility index (Phi) is 6.71. The number of nitro groups is 1. The molecule has 0 aliphatic carbocycles. The van der Waals surface area contributed by atoms with E-state index in [0.717, 1.165) is 4.31 Å². The highest BCUT2D eigenvalue weighted by Crippen LogP contribution is 2.27. The van der Waals surface area contributed by atoms with Crippen LogP contribution in [0.1, 0.15) is 5.56 Å². The topological polar surface area (TPSA) is 110 Å². The van der Waals surface area contributed by atoms with E-state index < -0.39 is 27.4 Å². The molecule has 0 bridgehead atoms. The molecule has 0 atom stereocenters. The van der Waals surface area contributed by atoms with E-state index in [1.54, 1.807) is 49.4 Å². The zero-order valence-electron chi connectivity index (χ0n) is 16.4. The number of rotatable bonds is 7. The summed E-state index contributed by atoms with van der Waals surface area (Å²) in [6.45, 7) is 1.17. The van der Waals surface area contributed by atoms with E-state index in [4.69, 9.17) is 0 Å². The fourth-order valence-electron chi connectivity index (χ4n) is 2.84. The molecule has 0 saturated carbocycles. The average molecular weight is 504 g/mol. The van der Waals surface area contributed by atoms with Crippen molar-refractivity contribution in [2.24, 2.45) is 0 Å². The van der Waals surface area contributed by atoms with Gasteiger partial charge in [-0.15, -0.1) is 0 Å². The lowest BCUT2D eigenvalue weighted by Crippen LogP contribution is -2.38. The summed E-state index contributed by atoms with van der Waals surface area (Å²) in [6, 6.07) is 18.4. The summed E-state index contributed by atoms with van der Waals surface area (Å²) in [5.74, 6) is -0.636. The van der Waals surface area contributed by atoms with E-state index >= 15 is 0 Å². The molecule has 3 rings (SSSR count). The Morgan fingerprint density at radius 2 is 1.77 bits per heavy atom. The summed E-state index contributed by atoms with van der Waals surface area (Å²) < 4.78 is 28.2. The first kappa shape index (κ1) is 22.4. The number of nitrogens with one attached hydrogen (secondary N) is 1. The van der Waals surface area contributed by atoms with Crippen LogP contribution in [0.5, 0.6) is 0 Å². The Morgan fingerprint density at radius 3 is 2.42 bits per heavy atom. The van der Waals surface area contributed by atoms with Crippen molar-refractivity contribution < 1.29 is 18.1 Å². The molecule has 31 heavy (non-hydrogen) atoms. The second-order valence-electron chi connectivity index (χ2n) is 6.61. The Morgan fingerprint density at radius 1 is 1.06 bits per heavy atom. The lowest BCUT2D eigenvalue weighted by Gasteiger charge is -2.24. The minimum Gasteiger partial charge on any atom is -0.324 e. The number of non-ortho nitro benzene ring substituents is 1. The first-order valence-corrected chi connectivity index (χ1v) is 11.3. The molecule has 3 aromatic rings. The van der Waals surface area contributed by atoms with E-state index in [1.165, 1.54) is 30.3 Å². The van der Waals surface area contributed by atoms with Gasteiger partial charge in [0.1, 0.15) is 6.54 Å². The summed E-state index contributed by atoms with van der Waals surface area (Å²) >= 11 is 3.32. The predicted molar refractivity (Wildman–Crippen MR) is 122 cm³/mol. The molecule has 0 unspecified atom stereocenters. The van der Waals surface area contributed by atoms with Crippen LogP contribution in [-0.2, 0) is 14.8 Å². The number of aryl methyl sites for hydroxylation is 1. The number of benzene rings is 3. The van der Waals surface area contributed by atoms with Crippen LogP contribution in [-0.4, -0.2) is 25.8 Å². The first-order chi connectivity index (χ1) is 14.7. The number of nitro benzene ring substituents is 1. The molecule has 0 aliphatic rings. The van der Waals surface area contributed by atoms with E-state index in [-0.39, 0.29) is 16.3 Å². The second kappa shape index (κ2) is 9.27. The highest BCUT2D eigenvalue weighted by molar-refractivity contribution is 9.10. The van der Waals surface area contributed by atoms with Crippen molar-refractivity contribution in [3.05, 3.63) is 92.9 Å². The third kappa shape index (κ3) is 5.28. The fourth-order valence-corrected chi connectivity index (χ4v) is 4.67. The van der Waals surface area contributed by atoms with Crippen molar-refractivity contribution >= 4 is 48.9 Å². The number of amides is 1. The molecular formula is C21H18BrN3O5S. The van der Waals surface area contributed by atoms with Crippen LogP contribution in [0.15, 0.2) is 82.2 Å². The van der Waals surface area contributed by atoms with E-state index in [2.05, 4.69) is 21.2 Å². The van der Waals surface area contributed by atoms with Gasteiger partial charge in [-0.2, -0.15) is 0 Å². The predicted octanol–water partition coefficient (Wildman–Crippen LogP) is 4.50. The monoisotopic (exact) mass is 503 g/mol. The van der Waals surface area contributed by atoms with Crippen LogP contribution < -0.4 is 9.62 Å². The largest absolute Gasteiger partial charge is 0.324 e. The number of nitrogens with zero attached hydrogens (tertiary/aromatic N) is 2. The van der Waals surface area contributed by atoms with Crippen LogP contribution in [0.2, 0.25) is 0 Å². The SMILES string of the molecule is Cc1ccc([N+](=O)[O-])cc1NC(=O)CN(c1cccc(Br)c1)S(=O)(=O)c1ccccc1. The number of sulfonamides is 1. The lowest BCUT2D eigenvalue weighted by molar-refractivity contribution is -0.384. The zero-order chi connectivity index (χ0) is 22.6. The molecule has 1 N–H and O–H groups in total. The number of anilines is 2. The minimum absolute atomic E-state index is 0.0364. The maximum Gasteiger partial charge on any atom is 0.271 e. The molecule has 10 heteroatoms. The molecular weight excluding hydrogens is 486 g/mol. The van der Waals surface area contributed by atoms with Crippen LogP contribution in [0, 0.1) is 17.0 Å². The van der Waals surface area contributed by atoms with E-state index in [9.17, 15) is 23.3 Å².